The zero-order valence-corrected chi connectivity index (χ0v) is 14.3. The Morgan fingerprint density at radius 1 is 1.52 bits per heavy atom. The zero-order valence-electron chi connectivity index (χ0n) is 14.3. The number of carbonyl (C=O) groups is 1. The highest BCUT2D eigenvalue weighted by atomic mass is 16.5. The topological polar surface area (TPSA) is 104 Å². The van der Waals surface area contributed by atoms with Crippen molar-refractivity contribution in [2.45, 2.75) is 38.6 Å². The summed E-state index contributed by atoms with van der Waals surface area (Å²) >= 11 is 0. The molecule has 1 amide bonds. The van der Waals surface area contributed by atoms with Gasteiger partial charge in [-0.1, -0.05) is 13.8 Å². The molecule has 2 aliphatic rings. The van der Waals surface area contributed by atoms with Crippen LogP contribution in [0.1, 0.15) is 47.9 Å². The van der Waals surface area contributed by atoms with Crippen LogP contribution in [0.15, 0.2) is 18.6 Å². The van der Waals surface area contributed by atoms with Gasteiger partial charge in [0, 0.05) is 16.2 Å². The van der Waals surface area contributed by atoms with Gasteiger partial charge in [-0.05, 0) is 24.7 Å². The van der Waals surface area contributed by atoms with E-state index in [1.165, 1.54) is 18.6 Å². The lowest BCUT2D eigenvalue weighted by atomic mass is 10.0. The van der Waals surface area contributed by atoms with Crippen LogP contribution in [0.25, 0.3) is 5.82 Å². The summed E-state index contributed by atoms with van der Waals surface area (Å²) in [5, 5.41) is 26.5. The van der Waals surface area contributed by atoms with Crippen molar-refractivity contribution in [2.24, 2.45) is 11.8 Å². The fourth-order valence-corrected chi connectivity index (χ4v) is 3.61. The minimum absolute atomic E-state index is 0.109. The van der Waals surface area contributed by atoms with Crippen molar-refractivity contribution in [3.05, 3.63) is 35.5 Å². The molecule has 8 heteroatoms. The van der Waals surface area contributed by atoms with Crippen LogP contribution in [-0.4, -0.2) is 43.6 Å². The van der Waals surface area contributed by atoms with Gasteiger partial charge in [0.1, 0.15) is 0 Å². The number of amides is 1. The van der Waals surface area contributed by atoms with E-state index < -0.39 is 0 Å². The first kappa shape index (κ1) is 16.0. The highest BCUT2D eigenvalue weighted by molar-refractivity contribution is 5.94. The number of nitrogens with one attached hydrogen (secondary N) is 1. The number of aromatic nitrogens is 4. The summed E-state index contributed by atoms with van der Waals surface area (Å²) in [7, 11) is 0. The van der Waals surface area contributed by atoms with Gasteiger partial charge in [0.05, 0.1) is 24.5 Å². The van der Waals surface area contributed by atoms with Crippen LogP contribution in [0, 0.1) is 11.8 Å². The molecule has 3 N–H and O–H groups in total. The normalized spacial score (nSPS) is 21.8. The number of carbonyl (C=O) groups excluding carboxylic acids is 1. The molecule has 3 atom stereocenters. The highest BCUT2D eigenvalue weighted by Crippen LogP contribution is 2.57. The summed E-state index contributed by atoms with van der Waals surface area (Å²) in [6, 6.07) is -0.307. The average Bonchev–Trinajstić information content (AvgIpc) is 3.08. The molecule has 0 aliphatic heterocycles. The molecule has 0 bridgehead atoms. The van der Waals surface area contributed by atoms with Crippen LogP contribution < -0.4 is 10.0 Å². The van der Waals surface area contributed by atoms with Crippen LogP contribution in [0.3, 0.4) is 0 Å². The first-order valence-electron chi connectivity index (χ1n) is 8.60. The first-order valence-corrected chi connectivity index (χ1v) is 8.60. The molecule has 8 nitrogen and oxygen atoms in total. The second kappa shape index (κ2) is 5.80. The lowest BCUT2D eigenvalue weighted by molar-refractivity contribution is -0.904. The van der Waals surface area contributed by atoms with Gasteiger partial charge in [-0.2, -0.15) is 5.10 Å². The largest absolute Gasteiger partial charge is 0.394 e. The number of aliphatic hydroxyl groups excluding tert-OH is 1. The lowest BCUT2D eigenvalue weighted by Gasteiger charge is -2.19. The maximum Gasteiger partial charge on any atom is 0.272 e. The molecule has 0 unspecified atom stereocenters. The van der Waals surface area contributed by atoms with Gasteiger partial charge in [0.15, 0.2) is 5.69 Å². The second-order valence-corrected chi connectivity index (χ2v) is 7.23. The summed E-state index contributed by atoms with van der Waals surface area (Å²) in [5.74, 6) is 1.33. The van der Waals surface area contributed by atoms with Crippen LogP contribution in [0.5, 0.6) is 0 Å². The Balaban J connectivity index is 1.72. The van der Waals surface area contributed by atoms with Crippen LogP contribution in [0.2, 0.25) is 0 Å². The molecule has 1 saturated carbocycles. The molecule has 0 aromatic carbocycles. The Kier molecular flexibility index (Phi) is 3.72. The molecule has 0 saturated heterocycles. The van der Waals surface area contributed by atoms with Gasteiger partial charge in [0.2, 0.25) is 12.0 Å². The second-order valence-electron chi connectivity index (χ2n) is 7.23. The van der Waals surface area contributed by atoms with Crippen LogP contribution >= 0.6 is 0 Å². The summed E-state index contributed by atoms with van der Waals surface area (Å²) in [6.45, 7) is 3.79. The Hall–Kier alpha value is -2.48. The molecular weight excluding hydrogens is 322 g/mol. The van der Waals surface area contributed by atoms with E-state index in [1.807, 2.05) is 13.8 Å². The number of hydrogen-bond donors (Lipinski definition) is 3. The Bertz CT molecular complexity index is 832. The highest BCUT2D eigenvalue weighted by Gasteiger charge is 2.50. The summed E-state index contributed by atoms with van der Waals surface area (Å²) < 4.78 is 2.61. The molecule has 0 radical (unpaired) electrons. The minimum Gasteiger partial charge on any atom is -0.394 e. The molecular formula is C17H22N5O3+. The van der Waals surface area contributed by atoms with E-state index in [0.29, 0.717) is 23.3 Å². The van der Waals surface area contributed by atoms with Crippen molar-refractivity contribution in [2.75, 3.05) is 6.61 Å². The van der Waals surface area contributed by atoms with E-state index >= 15 is 0 Å². The minimum atomic E-state index is -0.307. The van der Waals surface area contributed by atoms with E-state index in [4.69, 9.17) is 0 Å². The summed E-state index contributed by atoms with van der Waals surface area (Å²) in [6.07, 6.45) is 6.34. The van der Waals surface area contributed by atoms with Gasteiger partial charge in [-0.25, -0.2) is 9.67 Å². The smallest absolute Gasteiger partial charge is 0.272 e. The van der Waals surface area contributed by atoms with Gasteiger partial charge in [-0.15, -0.1) is 0 Å². The van der Waals surface area contributed by atoms with Crippen molar-refractivity contribution in [1.29, 1.82) is 0 Å². The SMILES string of the molecule is CC(C)[C@@H](CO)NC(=O)c1nn(-c2c[n+](O)ccn2)c2c1C[C@@H]1C[C@H]21. The van der Waals surface area contributed by atoms with E-state index in [1.54, 1.807) is 4.68 Å². The fraction of sp³-hybridized carbons (Fsp3) is 0.529. The molecule has 2 heterocycles. The predicted octanol–water partition coefficient (Wildman–Crippen LogP) is 0.198. The zero-order chi connectivity index (χ0) is 17.7. The molecule has 2 aliphatic carbocycles. The van der Waals surface area contributed by atoms with E-state index in [9.17, 15) is 15.1 Å². The van der Waals surface area contributed by atoms with Crippen molar-refractivity contribution in [1.82, 2.24) is 20.1 Å². The number of rotatable bonds is 5. The van der Waals surface area contributed by atoms with Gasteiger partial charge in [-0.3, -0.25) is 10.0 Å². The third-order valence-corrected chi connectivity index (χ3v) is 5.19. The number of aliphatic hydroxyl groups is 1. The number of fused-ring (bicyclic) bond motifs is 3. The predicted molar refractivity (Wildman–Crippen MR) is 86.5 cm³/mol. The van der Waals surface area contributed by atoms with Gasteiger partial charge < -0.3 is 10.4 Å². The fourth-order valence-electron chi connectivity index (χ4n) is 3.61. The van der Waals surface area contributed by atoms with E-state index in [0.717, 1.165) is 28.8 Å². The molecule has 1 fully saturated rings. The third-order valence-electron chi connectivity index (χ3n) is 5.19. The van der Waals surface area contributed by atoms with Crippen LogP contribution in [0.4, 0.5) is 0 Å². The van der Waals surface area contributed by atoms with E-state index in [2.05, 4.69) is 15.4 Å². The van der Waals surface area contributed by atoms with Gasteiger partial charge >= 0.3 is 0 Å². The van der Waals surface area contributed by atoms with E-state index in [-0.39, 0.29) is 24.5 Å². The monoisotopic (exact) mass is 344 g/mol. The molecule has 4 rings (SSSR count). The molecule has 132 valence electrons. The van der Waals surface area contributed by atoms with Gasteiger partial charge in [0.25, 0.3) is 12.1 Å². The maximum absolute atomic E-state index is 12.7. The van der Waals surface area contributed by atoms with Crippen molar-refractivity contribution >= 4 is 5.91 Å². The molecule has 2 aromatic heterocycles. The third kappa shape index (κ3) is 2.66. The average molecular weight is 344 g/mol. The quantitative estimate of drug-likeness (QED) is 0.531. The molecule has 2 aromatic rings. The van der Waals surface area contributed by atoms with Crippen molar-refractivity contribution in [3.63, 3.8) is 0 Å². The van der Waals surface area contributed by atoms with Crippen molar-refractivity contribution in [3.8, 4) is 5.82 Å². The Morgan fingerprint density at radius 3 is 3.00 bits per heavy atom. The molecule has 0 spiro atoms. The maximum atomic E-state index is 12.7. The molecule has 25 heavy (non-hydrogen) atoms. The summed E-state index contributed by atoms with van der Waals surface area (Å²) in [4.78, 5) is 17.0. The Morgan fingerprint density at radius 2 is 2.32 bits per heavy atom. The standard InChI is InChI=1S/C17H21N5O3/c1-9(2)13(8-23)19-17(24)15-12-6-10-5-11(10)16(12)22(20-15)14-7-21(25)4-3-18-14/h3-4,7,9-11,13,23H,5-6,8H2,1-2H3,(H-,18,19,24,25)/p+1/t10-,11-,13+/m0/s1. The lowest BCUT2D eigenvalue weighted by Crippen LogP contribution is -2.41. The Labute approximate surface area is 145 Å². The van der Waals surface area contributed by atoms with Crippen molar-refractivity contribution < 1.29 is 19.8 Å². The number of nitrogens with zero attached hydrogens (tertiary/aromatic N) is 4. The number of hydrogen-bond acceptors (Lipinski definition) is 5. The van der Waals surface area contributed by atoms with Crippen LogP contribution in [-0.2, 0) is 6.42 Å². The summed E-state index contributed by atoms with van der Waals surface area (Å²) in [5.41, 5.74) is 2.39. The first-order chi connectivity index (χ1) is 12.0.